The minimum Gasteiger partial charge on any atom is -0.481 e. The zero-order chi connectivity index (χ0) is 15.4. The fourth-order valence-electron chi connectivity index (χ4n) is 3.03. The lowest BCUT2D eigenvalue weighted by Gasteiger charge is -2.28. The molecule has 122 valence electrons. The summed E-state index contributed by atoms with van der Waals surface area (Å²) in [5, 5.41) is 13.3. The lowest BCUT2D eigenvalue weighted by molar-refractivity contribution is -0.136. The summed E-state index contributed by atoms with van der Waals surface area (Å²) < 4.78 is 13.2. The Morgan fingerprint density at radius 1 is 1.41 bits per heavy atom. The Morgan fingerprint density at radius 2 is 2.32 bits per heavy atom. The van der Waals surface area contributed by atoms with Crippen molar-refractivity contribution >= 4 is 5.97 Å². The topological polar surface area (TPSA) is 76.8 Å². The van der Waals surface area contributed by atoms with Crippen LogP contribution in [0.2, 0.25) is 0 Å². The molecular weight excluding hydrogens is 286 g/mol. The zero-order valence-corrected chi connectivity index (χ0v) is 12.7. The van der Waals surface area contributed by atoms with Crippen LogP contribution in [-0.4, -0.2) is 64.8 Å². The molecule has 1 aromatic rings. The minimum atomic E-state index is -0.778. The van der Waals surface area contributed by atoms with Crippen molar-refractivity contribution in [2.45, 2.75) is 38.5 Å². The van der Waals surface area contributed by atoms with Crippen molar-refractivity contribution in [1.29, 1.82) is 0 Å². The smallest absolute Gasteiger partial charge is 0.303 e. The number of carboxylic acid groups (broad SMARTS) is 1. The third-order valence-electron chi connectivity index (χ3n) is 4.09. The highest BCUT2D eigenvalue weighted by molar-refractivity contribution is 5.66. The molecule has 1 N–H and O–H groups in total. The van der Waals surface area contributed by atoms with Gasteiger partial charge in [0.2, 0.25) is 0 Å². The molecule has 3 rings (SSSR count). The van der Waals surface area contributed by atoms with Crippen LogP contribution in [0, 0.1) is 0 Å². The number of carbonyl (C=O) groups is 1. The molecule has 0 saturated carbocycles. The van der Waals surface area contributed by atoms with E-state index in [0.29, 0.717) is 26.2 Å². The fourth-order valence-corrected chi connectivity index (χ4v) is 3.03. The summed E-state index contributed by atoms with van der Waals surface area (Å²) >= 11 is 0. The molecule has 1 atom stereocenters. The maximum Gasteiger partial charge on any atom is 0.303 e. The van der Waals surface area contributed by atoms with Crippen molar-refractivity contribution in [2.75, 3.05) is 32.9 Å². The van der Waals surface area contributed by atoms with Crippen LogP contribution < -0.4 is 0 Å². The minimum absolute atomic E-state index is 0.132. The van der Waals surface area contributed by atoms with Gasteiger partial charge < -0.3 is 14.6 Å². The van der Waals surface area contributed by atoms with Crippen molar-refractivity contribution in [3.63, 3.8) is 0 Å². The summed E-state index contributed by atoms with van der Waals surface area (Å²) in [6.45, 7) is 5.65. The number of aliphatic carboxylic acids is 1. The van der Waals surface area contributed by atoms with E-state index in [-0.39, 0.29) is 12.5 Å². The number of nitrogens with zero attached hydrogens (tertiary/aromatic N) is 3. The van der Waals surface area contributed by atoms with E-state index in [1.54, 1.807) is 0 Å². The molecular formula is C15H23N3O4. The second-order valence-electron chi connectivity index (χ2n) is 5.90. The number of aryl methyl sites for hydroxylation is 2. The summed E-state index contributed by atoms with van der Waals surface area (Å²) in [5.74, 6) is -0.778. The number of fused-ring (bicyclic) bond motifs is 1. The largest absolute Gasteiger partial charge is 0.481 e. The van der Waals surface area contributed by atoms with Gasteiger partial charge in [0.25, 0.3) is 0 Å². The first-order chi connectivity index (χ1) is 10.7. The second-order valence-corrected chi connectivity index (χ2v) is 5.90. The van der Waals surface area contributed by atoms with Crippen molar-refractivity contribution in [2.24, 2.45) is 0 Å². The standard InChI is InChI=1S/C15H23N3O4/c19-15(20)3-2-12-8-13-9-17(4-1-5-18(13)16-12)10-14-11-21-6-7-22-14/h8,14H,1-7,9-11H2,(H,19,20). The number of aromatic nitrogens is 2. The number of carboxylic acids is 1. The molecule has 0 amide bonds. The summed E-state index contributed by atoms with van der Waals surface area (Å²) in [4.78, 5) is 13.1. The number of rotatable bonds is 5. The van der Waals surface area contributed by atoms with E-state index in [1.807, 2.05) is 10.7 Å². The Kier molecular flexibility index (Phi) is 5.07. The van der Waals surface area contributed by atoms with Crippen LogP contribution in [0.1, 0.15) is 24.2 Å². The van der Waals surface area contributed by atoms with E-state index in [9.17, 15) is 4.79 Å². The maximum absolute atomic E-state index is 10.7. The summed E-state index contributed by atoms with van der Waals surface area (Å²) in [6.07, 6.45) is 1.82. The second kappa shape index (κ2) is 7.21. The van der Waals surface area contributed by atoms with Crippen molar-refractivity contribution < 1.29 is 19.4 Å². The van der Waals surface area contributed by atoms with Gasteiger partial charge in [-0.2, -0.15) is 5.10 Å². The van der Waals surface area contributed by atoms with Gasteiger partial charge in [-0.25, -0.2) is 0 Å². The molecule has 7 heteroatoms. The van der Waals surface area contributed by atoms with Crippen molar-refractivity contribution in [3.8, 4) is 0 Å². The highest BCUT2D eigenvalue weighted by Crippen LogP contribution is 2.16. The highest BCUT2D eigenvalue weighted by atomic mass is 16.6. The van der Waals surface area contributed by atoms with E-state index in [0.717, 1.165) is 44.0 Å². The van der Waals surface area contributed by atoms with E-state index >= 15 is 0 Å². The lowest BCUT2D eigenvalue weighted by atomic mass is 10.2. The van der Waals surface area contributed by atoms with Gasteiger partial charge in [-0.1, -0.05) is 0 Å². The van der Waals surface area contributed by atoms with Gasteiger partial charge in [0, 0.05) is 32.6 Å². The molecule has 2 aliphatic rings. The van der Waals surface area contributed by atoms with Gasteiger partial charge in [0.05, 0.1) is 43.7 Å². The van der Waals surface area contributed by atoms with E-state index < -0.39 is 5.97 Å². The van der Waals surface area contributed by atoms with Crippen LogP contribution in [0.15, 0.2) is 6.07 Å². The third-order valence-corrected chi connectivity index (χ3v) is 4.09. The molecule has 0 bridgehead atoms. The average Bonchev–Trinajstić information content (AvgIpc) is 2.79. The molecule has 2 aliphatic heterocycles. The first-order valence-electron chi connectivity index (χ1n) is 7.90. The Bertz CT molecular complexity index is 511. The van der Waals surface area contributed by atoms with E-state index in [1.165, 1.54) is 0 Å². The Morgan fingerprint density at radius 3 is 3.09 bits per heavy atom. The first kappa shape index (κ1) is 15.5. The van der Waals surface area contributed by atoms with Crippen LogP contribution in [0.25, 0.3) is 0 Å². The van der Waals surface area contributed by atoms with Gasteiger partial charge in [-0.15, -0.1) is 0 Å². The molecule has 1 unspecified atom stereocenters. The molecule has 1 fully saturated rings. The normalized spacial score (nSPS) is 23.0. The molecule has 7 nitrogen and oxygen atoms in total. The first-order valence-corrected chi connectivity index (χ1v) is 7.90. The number of hydrogen-bond acceptors (Lipinski definition) is 5. The number of ether oxygens (including phenoxy) is 2. The number of hydrogen-bond donors (Lipinski definition) is 1. The quantitative estimate of drug-likeness (QED) is 0.854. The summed E-state index contributed by atoms with van der Waals surface area (Å²) in [6, 6.07) is 2.04. The Balaban J connectivity index is 1.60. The molecule has 0 radical (unpaired) electrons. The predicted molar refractivity (Wildman–Crippen MR) is 78.6 cm³/mol. The fraction of sp³-hybridized carbons (Fsp3) is 0.733. The zero-order valence-electron chi connectivity index (χ0n) is 12.7. The van der Waals surface area contributed by atoms with Crippen LogP contribution in [0.4, 0.5) is 0 Å². The van der Waals surface area contributed by atoms with E-state index in [2.05, 4.69) is 10.00 Å². The Hall–Kier alpha value is -1.44. The van der Waals surface area contributed by atoms with Crippen molar-refractivity contribution in [1.82, 2.24) is 14.7 Å². The van der Waals surface area contributed by atoms with Crippen LogP contribution in [-0.2, 0) is 33.8 Å². The van der Waals surface area contributed by atoms with E-state index in [4.69, 9.17) is 14.6 Å². The van der Waals surface area contributed by atoms with Gasteiger partial charge in [0.15, 0.2) is 0 Å². The van der Waals surface area contributed by atoms with Crippen molar-refractivity contribution in [3.05, 3.63) is 17.5 Å². The van der Waals surface area contributed by atoms with Gasteiger partial charge in [-0.3, -0.25) is 14.4 Å². The van der Waals surface area contributed by atoms with Gasteiger partial charge in [0.1, 0.15) is 0 Å². The van der Waals surface area contributed by atoms with Crippen LogP contribution in [0.3, 0.4) is 0 Å². The summed E-state index contributed by atoms with van der Waals surface area (Å²) in [7, 11) is 0. The van der Waals surface area contributed by atoms with Gasteiger partial charge >= 0.3 is 5.97 Å². The Labute approximate surface area is 129 Å². The maximum atomic E-state index is 10.7. The summed E-state index contributed by atoms with van der Waals surface area (Å²) in [5.41, 5.74) is 2.03. The lowest BCUT2D eigenvalue weighted by Crippen LogP contribution is -2.39. The molecule has 0 aliphatic carbocycles. The predicted octanol–water partition coefficient (Wildman–Crippen LogP) is 0.521. The molecule has 0 aromatic carbocycles. The molecule has 1 aromatic heterocycles. The van der Waals surface area contributed by atoms with Crippen LogP contribution in [0.5, 0.6) is 0 Å². The molecule has 22 heavy (non-hydrogen) atoms. The molecule has 1 saturated heterocycles. The monoisotopic (exact) mass is 309 g/mol. The SMILES string of the molecule is O=C(O)CCc1cc2n(n1)CCCN(CC1COCCO1)C2. The molecule has 3 heterocycles. The molecule has 0 spiro atoms. The average molecular weight is 309 g/mol. The third kappa shape index (κ3) is 4.06. The highest BCUT2D eigenvalue weighted by Gasteiger charge is 2.22. The van der Waals surface area contributed by atoms with Crippen LogP contribution >= 0.6 is 0 Å². The van der Waals surface area contributed by atoms with Gasteiger partial charge in [-0.05, 0) is 12.5 Å².